The van der Waals surface area contributed by atoms with Crippen molar-refractivity contribution in [2.45, 2.75) is 37.3 Å². The maximum atomic E-state index is 13.2. The minimum atomic E-state index is -3.78. The van der Waals surface area contributed by atoms with Gasteiger partial charge in [-0.1, -0.05) is 18.2 Å². The number of nitrogens with one attached hydrogen (secondary N) is 1. The van der Waals surface area contributed by atoms with E-state index in [1.807, 2.05) is 37.3 Å². The van der Waals surface area contributed by atoms with Crippen LogP contribution in [0.5, 0.6) is 5.75 Å². The summed E-state index contributed by atoms with van der Waals surface area (Å²) in [6, 6.07) is 12.2. The molecule has 0 saturated carbocycles. The fourth-order valence-corrected chi connectivity index (χ4v) is 4.89. The molecule has 7 nitrogen and oxygen atoms in total. The lowest BCUT2D eigenvalue weighted by Gasteiger charge is -2.24. The largest absolute Gasteiger partial charge is 0.482 e. The molecule has 0 bridgehead atoms. The Morgan fingerprint density at radius 1 is 1.24 bits per heavy atom. The fraction of sp³-hybridized carbons (Fsp3) is 0.333. The third-order valence-corrected chi connectivity index (χ3v) is 7.17. The van der Waals surface area contributed by atoms with Crippen LogP contribution in [0.2, 0.25) is 0 Å². The van der Waals surface area contributed by atoms with Crippen LogP contribution in [0.15, 0.2) is 47.4 Å². The summed E-state index contributed by atoms with van der Waals surface area (Å²) in [5, 5.41) is 1.75. The summed E-state index contributed by atoms with van der Waals surface area (Å²) in [7, 11) is -3.78. The molecule has 3 rings (SSSR count). The fourth-order valence-electron chi connectivity index (χ4n) is 3.32. The predicted octanol–water partition coefficient (Wildman–Crippen LogP) is 2.93. The van der Waals surface area contributed by atoms with E-state index in [-0.39, 0.29) is 29.7 Å². The van der Waals surface area contributed by atoms with E-state index in [9.17, 15) is 18.0 Å². The van der Waals surface area contributed by atoms with Gasteiger partial charge in [0.2, 0.25) is 5.91 Å². The standard InChI is InChI=1S/C21H24N2O5S/c1-4-23(16-8-6-5-7-9-16)21(25)11-15(3)29(26,27)19-12-18-17(10-14(19)2)22-20(24)13-28-18/h5-10,12,15H,4,11,13H2,1-3H3,(H,22,24). The van der Waals surface area contributed by atoms with Crippen LogP contribution in [0.1, 0.15) is 25.8 Å². The van der Waals surface area contributed by atoms with Crippen molar-refractivity contribution in [2.75, 3.05) is 23.4 Å². The molecule has 1 unspecified atom stereocenters. The highest BCUT2D eigenvalue weighted by atomic mass is 32.2. The second kappa shape index (κ2) is 8.24. The van der Waals surface area contributed by atoms with Crippen molar-refractivity contribution < 1.29 is 22.7 Å². The number of carbonyl (C=O) groups is 2. The van der Waals surface area contributed by atoms with Crippen LogP contribution in [0.4, 0.5) is 11.4 Å². The zero-order valence-corrected chi connectivity index (χ0v) is 17.5. The van der Waals surface area contributed by atoms with E-state index in [4.69, 9.17) is 4.74 Å². The zero-order chi connectivity index (χ0) is 21.2. The van der Waals surface area contributed by atoms with E-state index in [1.54, 1.807) is 17.9 Å². The number of rotatable bonds is 6. The van der Waals surface area contributed by atoms with Crippen molar-refractivity contribution >= 4 is 33.0 Å². The molecule has 2 aromatic carbocycles. The van der Waals surface area contributed by atoms with E-state index in [2.05, 4.69) is 5.32 Å². The topological polar surface area (TPSA) is 92.8 Å². The molecule has 1 atom stereocenters. The van der Waals surface area contributed by atoms with Crippen LogP contribution >= 0.6 is 0 Å². The highest BCUT2D eigenvalue weighted by Gasteiger charge is 2.31. The quantitative estimate of drug-likeness (QED) is 0.782. The van der Waals surface area contributed by atoms with Crippen molar-refractivity contribution in [1.29, 1.82) is 0 Å². The van der Waals surface area contributed by atoms with Crippen molar-refractivity contribution in [3.05, 3.63) is 48.0 Å². The average Bonchev–Trinajstić information content (AvgIpc) is 2.68. The lowest BCUT2D eigenvalue weighted by Crippen LogP contribution is -2.34. The first-order valence-corrected chi connectivity index (χ1v) is 10.9. The molecule has 8 heteroatoms. The Bertz CT molecular complexity index is 1030. The highest BCUT2D eigenvalue weighted by Crippen LogP contribution is 2.34. The van der Waals surface area contributed by atoms with Crippen LogP contribution < -0.4 is 15.0 Å². The van der Waals surface area contributed by atoms with E-state index in [0.717, 1.165) is 5.69 Å². The highest BCUT2D eigenvalue weighted by molar-refractivity contribution is 7.92. The molecule has 0 saturated heterocycles. The summed E-state index contributed by atoms with van der Waals surface area (Å²) in [5.41, 5.74) is 1.67. The molecule has 154 valence electrons. The number of aryl methyl sites for hydroxylation is 1. The van der Waals surface area contributed by atoms with Crippen LogP contribution in [0.3, 0.4) is 0 Å². The summed E-state index contributed by atoms with van der Waals surface area (Å²) in [6.45, 7) is 5.33. The molecule has 2 aromatic rings. The molecule has 0 fully saturated rings. The monoisotopic (exact) mass is 416 g/mol. The first-order chi connectivity index (χ1) is 13.7. The summed E-state index contributed by atoms with van der Waals surface area (Å²) >= 11 is 0. The molecule has 0 aliphatic carbocycles. The number of ether oxygens (including phenoxy) is 1. The molecule has 2 amide bonds. The molecule has 1 N–H and O–H groups in total. The van der Waals surface area contributed by atoms with E-state index in [0.29, 0.717) is 23.5 Å². The molecule has 0 radical (unpaired) electrons. The van der Waals surface area contributed by atoms with Gasteiger partial charge in [-0.05, 0) is 44.5 Å². The summed E-state index contributed by atoms with van der Waals surface area (Å²) in [4.78, 5) is 25.9. The number of hydrogen-bond acceptors (Lipinski definition) is 5. The average molecular weight is 416 g/mol. The Kier molecular flexibility index (Phi) is 5.93. The van der Waals surface area contributed by atoms with Gasteiger partial charge in [-0.25, -0.2) is 8.42 Å². The predicted molar refractivity (Wildman–Crippen MR) is 111 cm³/mol. The van der Waals surface area contributed by atoms with Crippen molar-refractivity contribution in [2.24, 2.45) is 0 Å². The van der Waals surface area contributed by atoms with Gasteiger partial charge < -0.3 is 15.0 Å². The van der Waals surface area contributed by atoms with Gasteiger partial charge in [-0.3, -0.25) is 9.59 Å². The SMILES string of the molecule is CCN(C(=O)CC(C)S(=O)(=O)c1cc2c(cc1C)NC(=O)CO2)c1ccccc1. The Morgan fingerprint density at radius 2 is 1.93 bits per heavy atom. The normalized spacial score (nSPS) is 14.4. The first-order valence-electron chi connectivity index (χ1n) is 9.40. The van der Waals surface area contributed by atoms with Gasteiger partial charge in [-0.15, -0.1) is 0 Å². The number of fused-ring (bicyclic) bond motifs is 1. The summed E-state index contributed by atoms with van der Waals surface area (Å²) in [5.74, 6) is -0.229. The van der Waals surface area contributed by atoms with Gasteiger partial charge in [-0.2, -0.15) is 0 Å². The summed E-state index contributed by atoms with van der Waals surface area (Å²) in [6.07, 6.45) is -0.140. The van der Waals surface area contributed by atoms with Crippen molar-refractivity contribution in [3.63, 3.8) is 0 Å². The van der Waals surface area contributed by atoms with Crippen LogP contribution in [0.25, 0.3) is 0 Å². The number of nitrogens with zero attached hydrogens (tertiary/aromatic N) is 1. The molecule has 0 aromatic heterocycles. The molecule has 29 heavy (non-hydrogen) atoms. The van der Waals surface area contributed by atoms with Gasteiger partial charge in [0.15, 0.2) is 16.4 Å². The maximum absolute atomic E-state index is 13.2. The molecule has 1 heterocycles. The Hall–Kier alpha value is -2.87. The van der Waals surface area contributed by atoms with Gasteiger partial charge >= 0.3 is 0 Å². The molecule has 1 aliphatic rings. The molecule has 0 spiro atoms. The number of carbonyl (C=O) groups excluding carboxylic acids is 2. The van der Waals surface area contributed by atoms with E-state index in [1.165, 1.54) is 13.0 Å². The van der Waals surface area contributed by atoms with Gasteiger partial charge in [0.05, 0.1) is 15.8 Å². The van der Waals surface area contributed by atoms with Gasteiger partial charge in [0.25, 0.3) is 5.91 Å². The molecule has 1 aliphatic heterocycles. The third kappa shape index (κ3) is 4.27. The first kappa shape index (κ1) is 20.9. The molecular formula is C21H24N2O5S. The van der Waals surface area contributed by atoms with Gasteiger partial charge in [0, 0.05) is 24.7 Å². The second-order valence-corrected chi connectivity index (χ2v) is 9.32. The van der Waals surface area contributed by atoms with E-state index >= 15 is 0 Å². The van der Waals surface area contributed by atoms with Crippen LogP contribution in [-0.2, 0) is 19.4 Å². The van der Waals surface area contributed by atoms with E-state index < -0.39 is 15.1 Å². The van der Waals surface area contributed by atoms with Crippen molar-refractivity contribution in [3.8, 4) is 5.75 Å². The van der Waals surface area contributed by atoms with Gasteiger partial charge in [0.1, 0.15) is 5.75 Å². The Labute approximate surface area is 170 Å². The van der Waals surface area contributed by atoms with Crippen LogP contribution in [-0.4, -0.2) is 38.6 Å². The van der Waals surface area contributed by atoms with Crippen molar-refractivity contribution in [1.82, 2.24) is 0 Å². The maximum Gasteiger partial charge on any atom is 0.262 e. The minimum Gasteiger partial charge on any atom is -0.482 e. The van der Waals surface area contributed by atoms with Crippen LogP contribution in [0, 0.1) is 6.92 Å². The number of anilines is 2. The minimum absolute atomic E-state index is 0.107. The lowest BCUT2D eigenvalue weighted by molar-refractivity contribution is -0.119. The number of benzene rings is 2. The Balaban J connectivity index is 1.84. The zero-order valence-electron chi connectivity index (χ0n) is 16.6. The number of amides is 2. The smallest absolute Gasteiger partial charge is 0.262 e. The summed E-state index contributed by atoms with van der Waals surface area (Å²) < 4.78 is 31.7. The Morgan fingerprint density at radius 3 is 2.59 bits per heavy atom. The molecular weight excluding hydrogens is 392 g/mol. The number of para-hydroxylation sites is 1. The number of sulfone groups is 1. The second-order valence-electron chi connectivity index (χ2n) is 6.98. The number of hydrogen-bond donors (Lipinski definition) is 1. The third-order valence-electron chi connectivity index (χ3n) is 4.89. The lowest BCUT2D eigenvalue weighted by atomic mass is 10.2.